The van der Waals surface area contributed by atoms with Crippen LogP contribution in [0.3, 0.4) is 0 Å². The number of carbonyl (C=O) groups is 2. The summed E-state index contributed by atoms with van der Waals surface area (Å²) in [4.78, 5) is 23.5. The number of carbonyl (C=O) groups excluding carboxylic acids is 2. The quantitative estimate of drug-likeness (QED) is 0.737. The second kappa shape index (κ2) is 5.16. The second-order valence-corrected chi connectivity index (χ2v) is 7.47. The molecule has 0 aromatic rings. The van der Waals surface area contributed by atoms with E-state index in [-0.39, 0.29) is 5.91 Å². The molecule has 2 amide bonds. The molecule has 100 valence electrons. The van der Waals surface area contributed by atoms with Gasteiger partial charge in [-0.25, -0.2) is 4.79 Å². The molecule has 1 aliphatic heterocycles. The number of amides is 2. The number of ether oxygens (including phenoxy) is 1. The predicted molar refractivity (Wildman–Crippen MR) is 70.3 cm³/mol. The standard InChI is InChI=1S/C11H22N2O3S/c1-11(2,3)16-10(15)12-8-6-7-13(9(8)14)17(4)5/h8,17H,6-7H2,1-5H3,(H,12,15). The van der Waals surface area contributed by atoms with Gasteiger partial charge in [-0.15, -0.1) is 0 Å². The van der Waals surface area contributed by atoms with Gasteiger partial charge in [0.25, 0.3) is 5.91 Å². The first kappa shape index (κ1) is 14.2. The molecule has 1 rings (SSSR count). The maximum atomic E-state index is 11.9. The van der Waals surface area contributed by atoms with E-state index in [4.69, 9.17) is 4.74 Å². The Morgan fingerprint density at radius 2 is 2.06 bits per heavy atom. The van der Waals surface area contributed by atoms with E-state index in [0.29, 0.717) is 6.42 Å². The highest BCUT2D eigenvalue weighted by Crippen LogP contribution is 2.27. The zero-order chi connectivity index (χ0) is 13.2. The average molecular weight is 262 g/mol. The summed E-state index contributed by atoms with van der Waals surface area (Å²) in [6, 6.07) is -0.422. The van der Waals surface area contributed by atoms with Gasteiger partial charge in [-0.05, 0) is 39.7 Å². The summed E-state index contributed by atoms with van der Waals surface area (Å²) in [6.45, 7) is 6.12. The smallest absolute Gasteiger partial charge is 0.408 e. The maximum Gasteiger partial charge on any atom is 0.408 e. The van der Waals surface area contributed by atoms with E-state index in [0.717, 1.165) is 6.54 Å². The number of hydrogen-bond donors (Lipinski definition) is 2. The van der Waals surface area contributed by atoms with Crippen molar-refractivity contribution in [1.82, 2.24) is 9.62 Å². The molecule has 1 fully saturated rings. The van der Waals surface area contributed by atoms with Crippen LogP contribution in [0.25, 0.3) is 0 Å². The Kier molecular flexibility index (Phi) is 4.30. The highest BCUT2D eigenvalue weighted by molar-refractivity contribution is 8.14. The van der Waals surface area contributed by atoms with Gasteiger partial charge in [-0.1, -0.05) is 0 Å². The first-order chi connectivity index (χ1) is 7.70. The molecule has 1 heterocycles. The molecule has 0 spiro atoms. The third-order valence-corrected chi connectivity index (χ3v) is 3.72. The summed E-state index contributed by atoms with van der Waals surface area (Å²) in [5.74, 6) is 0.00645. The van der Waals surface area contributed by atoms with Crippen molar-refractivity contribution in [2.24, 2.45) is 0 Å². The van der Waals surface area contributed by atoms with Crippen molar-refractivity contribution in [3.05, 3.63) is 0 Å². The van der Waals surface area contributed by atoms with Crippen molar-refractivity contribution in [3.8, 4) is 0 Å². The molecule has 0 radical (unpaired) electrons. The lowest BCUT2D eigenvalue weighted by Gasteiger charge is -2.25. The largest absolute Gasteiger partial charge is 0.444 e. The van der Waals surface area contributed by atoms with E-state index >= 15 is 0 Å². The lowest BCUT2D eigenvalue weighted by molar-refractivity contribution is -0.125. The molecule has 0 aromatic heterocycles. The van der Waals surface area contributed by atoms with E-state index in [2.05, 4.69) is 5.32 Å². The average Bonchev–Trinajstić information content (AvgIpc) is 2.44. The molecule has 5 nitrogen and oxygen atoms in total. The summed E-state index contributed by atoms with van der Waals surface area (Å²) >= 11 is -0.428. The van der Waals surface area contributed by atoms with E-state index < -0.39 is 28.8 Å². The van der Waals surface area contributed by atoms with Crippen LogP contribution in [0.1, 0.15) is 27.2 Å². The molecule has 1 N–H and O–H groups in total. The Bertz CT molecular complexity index is 312. The predicted octanol–water partition coefficient (Wildman–Crippen LogP) is 1.29. The van der Waals surface area contributed by atoms with Crippen molar-refractivity contribution in [3.63, 3.8) is 0 Å². The third kappa shape index (κ3) is 4.11. The first-order valence-corrected chi connectivity index (χ1v) is 7.88. The molecule has 1 aliphatic rings. The number of alkyl carbamates (subject to hydrolysis) is 1. The van der Waals surface area contributed by atoms with Crippen molar-refractivity contribution >= 4 is 23.1 Å². The van der Waals surface area contributed by atoms with Crippen LogP contribution >= 0.6 is 11.1 Å². The van der Waals surface area contributed by atoms with Gasteiger partial charge in [-0.3, -0.25) is 4.79 Å². The molecule has 17 heavy (non-hydrogen) atoms. The molecule has 1 unspecified atom stereocenters. The SMILES string of the molecule is C[SH](C)N1CCC(NC(=O)OC(C)(C)C)C1=O. The van der Waals surface area contributed by atoms with Gasteiger partial charge in [0.1, 0.15) is 11.6 Å². The molecule has 1 saturated heterocycles. The molecule has 6 heteroatoms. The minimum Gasteiger partial charge on any atom is -0.444 e. The van der Waals surface area contributed by atoms with E-state index in [9.17, 15) is 9.59 Å². The Hall–Kier alpha value is -0.910. The summed E-state index contributed by atoms with van der Waals surface area (Å²) in [7, 11) is 0. The van der Waals surface area contributed by atoms with Gasteiger partial charge in [0.15, 0.2) is 0 Å². The fraction of sp³-hybridized carbons (Fsp3) is 0.818. The second-order valence-electron chi connectivity index (χ2n) is 5.30. The van der Waals surface area contributed by atoms with Gasteiger partial charge < -0.3 is 14.4 Å². The van der Waals surface area contributed by atoms with Crippen LogP contribution < -0.4 is 5.32 Å². The summed E-state index contributed by atoms with van der Waals surface area (Å²) in [5.41, 5.74) is -0.534. The molecule has 0 saturated carbocycles. The number of nitrogens with zero attached hydrogens (tertiary/aromatic N) is 1. The van der Waals surface area contributed by atoms with E-state index in [1.807, 2.05) is 16.8 Å². The lowest BCUT2D eigenvalue weighted by atomic mass is 10.2. The van der Waals surface area contributed by atoms with Crippen molar-refractivity contribution in [2.75, 3.05) is 19.1 Å². The number of hydrogen-bond acceptors (Lipinski definition) is 3. The van der Waals surface area contributed by atoms with Gasteiger partial charge in [0.2, 0.25) is 0 Å². The molecule has 0 bridgehead atoms. The third-order valence-electron chi connectivity index (χ3n) is 2.36. The Balaban J connectivity index is 2.49. The highest BCUT2D eigenvalue weighted by atomic mass is 32.2. The fourth-order valence-corrected chi connectivity index (χ4v) is 2.69. The zero-order valence-electron chi connectivity index (χ0n) is 11.1. The number of nitrogens with one attached hydrogen (secondary N) is 1. The van der Waals surface area contributed by atoms with Crippen LogP contribution in [-0.2, 0) is 9.53 Å². The van der Waals surface area contributed by atoms with Crippen LogP contribution in [0.5, 0.6) is 0 Å². The van der Waals surface area contributed by atoms with Crippen LogP contribution in [0.4, 0.5) is 4.79 Å². The van der Waals surface area contributed by atoms with Crippen LogP contribution in [-0.4, -0.2) is 47.0 Å². The summed E-state index contributed by atoms with van der Waals surface area (Å²) in [5, 5.41) is 2.63. The first-order valence-electron chi connectivity index (χ1n) is 5.69. The number of rotatable bonds is 2. The van der Waals surface area contributed by atoms with Crippen LogP contribution in [0, 0.1) is 0 Å². The zero-order valence-corrected chi connectivity index (χ0v) is 12.0. The Morgan fingerprint density at radius 1 is 1.47 bits per heavy atom. The van der Waals surface area contributed by atoms with Crippen molar-refractivity contribution < 1.29 is 14.3 Å². The molecule has 1 atom stereocenters. The van der Waals surface area contributed by atoms with Crippen LogP contribution in [0.2, 0.25) is 0 Å². The van der Waals surface area contributed by atoms with Gasteiger partial charge >= 0.3 is 6.09 Å². The lowest BCUT2D eigenvalue weighted by Crippen LogP contribution is -2.43. The monoisotopic (exact) mass is 262 g/mol. The van der Waals surface area contributed by atoms with Crippen molar-refractivity contribution in [1.29, 1.82) is 0 Å². The van der Waals surface area contributed by atoms with Gasteiger partial charge in [0.05, 0.1) is 0 Å². The highest BCUT2D eigenvalue weighted by Gasteiger charge is 2.34. The fourth-order valence-electron chi connectivity index (χ4n) is 1.65. The van der Waals surface area contributed by atoms with Gasteiger partial charge in [0, 0.05) is 6.54 Å². The summed E-state index contributed by atoms with van der Waals surface area (Å²) < 4.78 is 6.96. The number of thiol groups is 1. The molecular weight excluding hydrogens is 240 g/mol. The molecule has 0 aromatic carbocycles. The van der Waals surface area contributed by atoms with Gasteiger partial charge in [-0.2, -0.15) is 11.1 Å². The molecular formula is C11H22N2O3S. The maximum absolute atomic E-state index is 11.9. The Morgan fingerprint density at radius 3 is 2.47 bits per heavy atom. The molecule has 0 aliphatic carbocycles. The minimum atomic E-state index is -0.534. The van der Waals surface area contributed by atoms with E-state index in [1.165, 1.54) is 0 Å². The normalized spacial score (nSPS) is 21.5. The van der Waals surface area contributed by atoms with Crippen LogP contribution in [0.15, 0.2) is 0 Å². The Labute approximate surface area is 105 Å². The minimum absolute atomic E-state index is 0.00645. The van der Waals surface area contributed by atoms with Crippen molar-refractivity contribution in [2.45, 2.75) is 38.8 Å². The topological polar surface area (TPSA) is 58.6 Å². The van der Waals surface area contributed by atoms with E-state index in [1.54, 1.807) is 20.8 Å². The summed E-state index contributed by atoms with van der Waals surface area (Å²) in [6.07, 6.45) is 4.21.